The van der Waals surface area contributed by atoms with E-state index in [1.54, 1.807) is 0 Å². The molecule has 0 saturated heterocycles. The monoisotopic (exact) mass is 295 g/mol. The average molecular weight is 296 g/mol. The quantitative estimate of drug-likeness (QED) is 0.942. The Kier molecular flexibility index (Phi) is 3.91. The highest BCUT2D eigenvalue weighted by Crippen LogP contribution is 2.28. The van der Waals surface area contributed by atoms with Crippen molar-refractivity contribution < 1.29 is 4.42 Å². The van der Waals surface area contributed by atoms with Gasteiger partial charge in [0.05, 0.1) is 5.56 Å². The fourth-order valence-electron chi connectivity index (χ4n) is 1.51. The van der Waals surface area contributed by atoms with Crippen LogP contribution < -0.4 is 5.73 Å². The van der Waals surface area contributed by atoms with E-state index in [1.807, 2.05) is 25.1 Å². The molecule has 0 unspecified atom stereocenters. The van der Waals surface area contributed by atoms with Crippen LogP contribution in [0.1, 0.15) is 17.9 Å². The molecule has 0 atom stereocenters. The third-order valence-electron chi connectivity index (χ3n) is 2.42. The molecule has 0 aliphatic rings. The highest BCUT2D eigenvalue weighted by molar-refractivity contribution is 9.10. The zero-order valence-electron chi connectivity index (χ0n) is 9.61. The van der Waals surface area contributed by atoms with E-state index in [4.69, 9.17) is 10.2 Å². The molecule has 0 bridgehead atoms. The molecule has 0 spiro atoms. The van der Waals surface area contributed by atoms with Crippen molar-refractivity contribution in [3.8, 4) is 11.5 Å². The molecule has 0 aliphatic heterocycles. The first-order chi connectivity index (χ1) is 8.20. The van der Waals surface area contributed by atoms with Crippen LogP contribution in [0.5, 0.6) is 0 Å². The van der Waals surface area contributed by atoms with Gasteiger partial charge in [0.1, 0.15) is 0 Å². The fourth-order valence-corrected chi connectivity index (χ4v) is 2.17. The van der Waals surface area contributed by atoms with E-state index in [9.17, 15) is 0 Å². The third-order valence-corrected chi connectivity index (χ3v) is 3.07. The number of nitrogens with two attached hydrogens (primary N) is 1. The van der Waals surface area contributed by atoms with Crippen molar-refractivity contribution in [1.82, 2.24) is 10.2 Å². The Hall–Kier alpha value is -1.20. The summed E-state index contributed by atoms with van der Waals surface area (Å²) in [5.74, 6) is 1.18. The maximum absolute atomic E-state index is 5.58. The van der Waals surface area contributed by atoms with Crippen LogP contribution in [0.3, 0.4) is 0 Å². The molecule has 17 heavy (non-hydrogen) atoms. The van der Waals surface area contributed by atoms with Crippen LogP contribution in [0.15, 0.2) is 27.1 Å². The molecule has 0 fully saturated rings. The first kappa shape index (κ1) is 12.3. The SMILES string of the molecule is Cc1ccc(-c2nnc(CCCN)o2)c(Br)c1. The van der Waals surface area contributed by atoms with Crippen LogP contribution in [0.2, 0.25) is 0 Å². The van der Waals surface area contributed by atoms with Gasteiger partial charge in [-0.15, -0.1) is 10.2 Å². The number of aromatic nitrogens is 2. The molecule has 2 N–H and O–H groups in total. The molecule has 5 heteroatoms. The molecule has 0 aliphatic carbocycles. The zero-order valence-corrected chi connectivity index (χ0v) is 11.2. The molecule has 0 saturated carbocycles. The summed E-state index contributed by atoms with van der Waals surface area (Å²) in [4.78, 5) is 0. The highest BCUT2D eigenvalue weighted by atomic mass is 79.9. The predicted octanol–water partition coefficient (Wildman–Crippen LogP) is 2.70. The predicted molar refractivity (Wildman–Crippen MR) is 69.5 cm³/mol. The van der Waals surface area contributed by atoms with Gasteiger partial charge in [-0.3, -0.25) is 0 Å². The topological polar surface area (TPSA) is 64.9 Å². The summed E-state index contributed by atoms with van der Waals surface area (Å²) in [7, 11) is 0. The minimum atomic E-state index is 0.545. The van der Waals surface area contributed by atoms with Crippen molar-refractivity contribution in [2.24, 2.45) is 5.73 Å². The van der Waals surface area contributed by atoms with Crippen molar-refractivity contribution >= 4 is 15.9 Å². The number of benzene rings is 1. The first-order valence-electron chi connectivity index (χ1n) is 5.49. The highest BCUT2D eigenvalue weighted by Gasteiger charge is 2.11. The molecule has 0 radical (unpaired) electrons. The Labute approximate surface area is 108 Å². The Morgan fingerprint density at radius 2 is 2.18 bits per heavy atom. The molecule has 1 aromatic carbocycles. The van der Waals surface area contributed by atoms with E-state index in [-0.39, 0.29) is 0 Å². The Balaban J connectivity index is 2.24. The van der Waals surface area contributed by atoms with Gasteiger partial charge in [0.15, 0.2) is 0 Å². The standard InChI is InChI=1S/C12H14BrN3O/c1-8-4-5-9(10(13)7-8)12-16-15-11(17-12)3-2-6-14/h4-5,7H,2-3,6,14H2,1H3. The lowest BCUT2D eigenvalue weighted by molar-refractivity contribution is 0.498. The number of hydrogen-bond donors (Lipinski definition) is 1. The number of hydrogen-bond acceptors (Lipinski definition) is 4. The number of rotatable bonds is 4. The van der Waals surface area contributed by atoms with Gasteiger partial charge in [0.2, 0.25) is 11.8 Å². The molecule has 4 nitrogen and oxygen atoms in total. The summed E-state index contributed by atoms with van der Waals surface area (Å²) < 4.78 is 6.55. The lowest BCUT2D eigenvalue weighted by atomic mass is 10.1. The maximum atomic E-state index is 5.58. The van der Waals surface area contributed by atoms with Crippen LogP contribution in [0, 0.1) is 6.92 Å². The molecule has 90 valence electrons. The summed E-state index contributed by atoms with van der Waals surface area (Å²) in [5.41, 5.74) is 7.54. The second-order valence-corrected chi connectivity index (χ2v) is 4.73. The second kappa shape index (κ2) is 5.42. The number of halogens is 1. The van der Waals surface area contributed by atoms with Gasteiger partial charge in [-0.05, 0) is 53.5 Å². The van der Waals surface area contributed by atoms with E-state index in [0.717, 1.165) is 22.9 Å². The summed E-state index contributed by atoms with van der Waals surface area (Å²) in [5, 5.41) is 8.04. The van der Waals surface area contributed by atoms with E-state index < -0.39 is 0 Å². The van der Waals surface area contributed by atoms with Crippen LogP contribution in [-0.2, 0) is 6.42 Å². The van der Waals surface area contributed by atoms with Crippen molar-refractivity contribution in [2.75, 3.05) is 6.54 Å². The molecular formula is C12H14BrN3O. The van der Waals surface area contributed by atoms with Crippen molar-refractivity contribution in [2.45, 2.75) is 19.8 Å². The van der Waals surface area contributed by atoms with E-state index in [1.165, 1.54) is 5.56 Å². The van der Waals surface area contributed by atoms with Gasteiger partial charge in [-0.2, -0.15) is 0 Å². The zero-order chi connectivity index (χ0) is 12.3. The van der Waals surface area contributed by atoms with Crippen LogP contribution in [0.4, 0.5) is 0 Å². The molecule has 1 aromatic heterocycles. The molecular weight excluding hydrogens is 282 g/mol. The lowest BCUT2D eigenvalue weighted by Gasteiger charge is -2.00. The second-order valence-electron chi connectivity index (χ2n) is 3.88. The molecule has 2 rings (SSSR count). The minimum absolute atomic E-state index is 0.545. The van der Waals surface area contributed by atoms with Gasteiger partial charge in [0.25, 0.3) is 0 Å². The van der Waals surface area contributed by atoms with Crippen LogP contribution in [0.25, 0.3) is 11.5 Å². The van der Waals surface area contributed by atoms with Gasteiger partial charge >= 0.3 is 0 Å². The summed E-state index contributed by atoms with van der Waals surface area (Å²) >= 11 is 3.50. The van der Waals surface area contributed by atoms with Crippen molar-refractivity contribution in [3.05, 3.63) is 34.1 Å². The number of aryl methyl sites for hydroxylation is 2. The minimum Gasteiger partial charge on any atom is -0.421 e. The number of nitrogens with zero attached hydrogens (tertiary/aromatic N) is 2. The van der Waals surface area contributed by atoms with Crippen LogP contribution in [-0.4, -0.2) is 16.7 Å². The Morgan fingerprint density at radius 3 is 2.88 bits per heavy atom. The van der Waals surface area contributed by atoms with Crippen LogP contribution >= 0.6 is 15.9 Å². The van der Waals surface area contributed by atoms with E-state index in [2.05, 4.69) is 26.1 Å². The third kappa shape index (κ3) is 2.92. The van der Waals surface area contributed by atoms with Gasteiger partial charge in [0, 0.05) is 10.9 Å². The van der Waals surface area contributed by atoms with E-state index in [0.29, 0.717) is 18.3 Å². The van der Waals surface area contributed by atoms with Crippen molar-refractivity contribution in [1.29, 1.82) is 0 Å². The average Bonchev–Trinajstić information content (AvgIpc) is 2.75. The first-order valence-corrected chi connectivity index (χ1v) is 6.29. The normalized spacial score (nSPS) is 10.8. The van der Waals surface area contributed by atoms with Gasteiger partial charge in [-0.1, -0.05) is 6.07 Å². The molecule has 1 heterocycles. The Morgan fingerprint density at radius 1 is 1.35 bits per heavy atom. The lowest BCUT2D eigenvalue weighted by Crippen LogP contribution is -2.00. The molecule has 0 amide bonds. The smallest absolute Gasteiger partial charge is 0.248 e. The van der Waals surface area contributed by atoms with Crippen molar-refractivity contribution in [3.63, 3.8) is 0 Å². The Bertz CT molecular complexity index is 510. The summed E-state index contributed by atoms with van der Waals surface area (Å²) in [6.07, 6.45) is 1.59. The van der Waals surface area contributed by atoms with Gasteiger partial charge < -0.3 is 10.2 Å². The fraction of sp³-hybridized carbons (Fsp3) is 0.333. The molecule has 2 aromatic rings. The van der Waals surface area contributed by atoms with E-state index >= 15 is 0 Å². The summed E-state index contributed by atoms with van der Waals surface area (Å²) in [6.45, 7) is 2.67. The summed E-state index contributed by atoms with van der Waals surface area (Å²) in [6, 6.07) is 6.02. The maximum Gasteiger partial charge on any atom is 0.248 e. The van der Waals surface area contributed by atoms with Gasteiger partial charge in [-0.25, -0.2) is 0 Å². The largest absolute Gasteiger partial charge is 0.421 e.